The van der Waals surface area contributed by atoms with Crippen molar-refractivity contribution in [1.29, 1.82) is 0 Å². The Morgan fingerprint density at radius 1 is 1.29 bits per heavy atom. The third-order valence-corrected chi connectivity index (χ3v) is 2.94. The molecule has 0 unspecified atom stereocenters. The van der Waals surface area contributed by atoms with Crippen molar-refractivity contribution in [3.05, 3.63) is 30.4 Å². The Hall–Kier alpha value is -2.35. The molecule has 1 N–H and O–H groups in total. The van der Waals surface area contributed by atoms with E-state index in [1.165, 1.54) is 0 Å². The molecule has 0 bridgehead atoms. The maximum Gasteiger partial charge on any atom is 0.322 e. The molecule has 0 spiro atoms. The first-order valence-electron chi connectivity index (χ1n) is 6.59. The summed E-state index contributed by atoms with van der Waals surface area (Å²) >= 11 is 0. The first-order valence-corrected chi connectivity index (χ1v) is 6.59. The third kappa shape index (κ3) is 4.32. The van der Waals surface area contributed by atoms with E-state index in [1.807, 2.05) is 13.2 Å². The number of hydrogen-bond acceptors (Lipinski definition) is 4. The number of methoxy groups -OCH3 is 1. The second kappa shape index (κ2) is 6.89. The van der Waals surface area contributed by atoms with Gasteiger partial charge in [-0.25, -0.2) is 4.79 Å². The summed E-state index contributed by atoms with van der Waals surface area (Å²) in [7, 11) is 5.26. The van der Waals surface area contributed by atoms with Gasteiger partial charge in [0.1, 0.15) is 0 Å². The summed E-state index contributed by atoms with van der Waals surface area (Å²) < 4.78 is 8.41. The van der Waals surface area contributed by atoms with E-state index in [0.717, 1.165) is 5.56 Å². The topological polar surface area (TPSA) is 77.2 Å². The molecular weight excluding hydrogens is 272 g/mol. The number of ether oxygens (including phenoxy) is 1. The molecule has 8 nitrogen and oxygen atoms in total. The Morgan fingerprint density at radius 2 is 2.00 bits per heavy atom. The highest BCUT2D eigenvalue weighted by atomic mass is 16.5. The molecule has 2 aromatic rings. The van der Waals surface area contributed by atoms with Gasteiger partial charge in [0.2, 0.25) is 0 Å². The normalized spacial score (nSPS) is 10.6. The summed E-state index contributed by atoms with van der Waals surface area (Å²) in [4.78, 5) is 14.0. The minimum atomic E-state index is -0.191. The van der Waals surface area contributed by atoms with Crippen LogP contribution in [0.1, 0.15) is 5.56 Å². The van der Waals surface area contributed by atoms with Crippen molar-refractivity contribution < 1.29 is 9.53 Å². The number of nitrogens with one attached hydrogen (secondary N) is 1. The molecule has 8 heteroatoms. The van der Waals surface area contributed by atoms with E-state index in [4.69, 9.17) is 4.74 Å². The van der Waals surface area contributed by atoms with Crippen LogP contribution in [0.3, 0.4) is 0 Å². The lowest BCUT2D eigenvalue weighted by atomic mass is 10.3. The van der Waals surface area contributed by atoms with Crippen LogP contribution in [0.4, 0.5) is 10.5 Å². The second-order valence-electron chi connectivity index (χ2n) is 4.77. The van der Waals surface area contributed by atoms with E-state index < -0.39 is 0 Å². The van der Waals surface area contributed by atoms with E-state index in [-0.39, 0.29) is 6.03 Å². The van der Waals surface area contributed by atoms with Crippen molar-refractivity contribution in [2.75, 3.05) is 25.6 Å². The van der Waals surface area contributed by atoms with Crippen molar-refractivity contribution in [1.82, 2.24) is 24.5 Å². The van der Waals surface area contributed by atoms with Crippen molar-refractivity contribution in [3.63, 3.8) is 0 Å². The molecule has 21 heavy (non-hydrogen) atoms. The van der Waals surface area contributed by atoms with E-state index >= 15 is 0 Å². The Morgan fingerprint density at radius 3 is 2.57 bits per heavy atom. The number of hydrogen-bond donors (Lipinski definition) is 1. The number of amides is 2. The summed E-state index contributed by atoms with van der Waals surface area (Å²) in [6, 6.07) is -0.191. The molecule has 0 aliphatic rings. The molecule has 0 aliphatic heterocycles. The molecule has 114 valence electrons. The fraction of sp³-hybridized carbons (Fsp3) is 0.462. The number of nitrogens with zero attached hydrogens (tertiary/aromatic N) is 5. The largest absolute Gasteiger partial charge is 0.383 e. The minimum absolute atomic E-state index is 0.191. The molecule has 0 aliphatic carbocycles. The van der Waals surface area contributed by atoms with Gasteiger partial charge < -0.3 is 15.0 Å². The Labute approximate surface area is 123 Å². The van der Waals surface area contributed by atoms with Gasteiger partial charge in [-0.15, -0.1) is 0 Å². The Balaban J connectivity index is 2.01. The summed E-state index contributed by atoms with van der Waals surface area (Å²) in [5.41, 5.74) is 1.63. The first kappa shape index (κ1) is 15.0. The van der Waals surface area contributed by atoms with Gasteiger partial charge in [-0.1, -0.05) is 0 Å². The summed E-state index contributed by atoms with van der Waals surface area (Å²) in [6.07, 6.45) is 6.99. The molecule has 2 heterocycles. The van der Waals surface area contributed by atoms with Crippen LogP contribution in [0, 0.1) is 0 Å². The van der Waals surface area contributed by atoms with Crippen LogP contribution >= 0.6 is 0 Å². The number of carbonyl (C=O) groups is 1. The number of carbonyl (C=O) groups excluding carboxylic acids is 1. The van der Waals surface area contributed by atoms with Crippen LogP contribution in [-0.4, -0.2) is 50.8 Å². The predicted molar refractivity (Wildman–Crippen MR) is 77.7 cm³/mol. The van der Waals surface area contributed by atoms with Crippen LogP contribution in [-0.2, 0) is 25.4 Å². The fourth-order valence-corrected chi connectivity index (χ4v) is 1.92. The molecule has 2 amide bonds. The van der Waals surface area contributed by atoms with Crippen molar-refractivity contribution >= 4 is 11.7 Å². The van der Waals surface area contributed by atoms with Crippen LogP contribution in [0.5, 0.6) is 0 Å². The average molecular weight is 292 g/mol. The first-order chi connectivity index (χ1) is 10.1. The van der Waals surface area contributed by atoms with Crippen molar-refractivity contribution in [2.45, 2.75) is 6.54 Å². The SMILES string of the molecule is COCCN(Cc1cnn(C)c1)C(=O)Nc1cnn(C)c1. The van der Waals surface area contributed by atoms with Crippen LogP contribution in [0.15, 0.2) is 24.8 Å². The zero-order valence-electron chi connectivity index (χ0n) is 12.5. The predicted octanol–water partition coefficient (Wildman–Crippen LogP) is 0.834. The fourth-order valence-electron chi connectivity index (χ4n) is 1.92. The lowest BCUT2D eigenvalue weighted by Gasteiger charge is -2.21. The highest BCUT2D eigenvalue weighted by Gasteiger charge is 2.15. The minimum Gasteiger partial charge on any atom is -0.383 e. The average Bonchev–Trinajstić information content (AvgIpc) is 3.03. The molecule has 2 rings (SSSR count). The number of aryl methyl sites for hydroxylation is 2. The Kier molecular flexibility index (Phi) is 4.94. The van der Waals surface area contributed by atoms with Gasteiger partial charge in [0.05, 0.1) is 31.2 Å². The molecular formula is C13H20N6O2. The van der Waals surface area contributed by atoms with Crippen LogP contribution in [0.2, 0.25) is 0 Å². The molecule has 0 aromatic carbocycles. The summed E-state index contributed by atoms with van der Waals surface area (Å²) in [6.45, 7) is 1.45. The van der Waals surface area contributed by atoms with Gasteiger partial charge in [-0.3, -0.25) is 9.36 Å². The van der Waals surface area contributed by atoms with Crippen molar-refractivity contribution in [2.24, 2.45) is 14.1 Å². The van der Waals surface area contributed by atoms with E-state index in [9.17, 15) is 4.79 Å². The van der Waals surface area contributed by atoms with E-state index in [1.54, 1.807) is 47.0 Å². The molecule has 0 saturated carbocycles. The summed E-state index contributed by atoms with van der Waals surface area (Å²) in [5.74, 6) is 0. The molecule has 2 aromatic heterocycles. The van der Waals surface area contributed by atoms with Gasteiger partial charge in [0.25, 0.3) is 0 Å². The quantitative estimate of drug-likeness (QED) is 0.855. The Bertz CT molecular complexity index is 591. The number of rotatable bonds is 6. The van der Waals surface area contributed by atoms with E-state index in [0.29, 0.717) is 25.4 Å². The second-order valence-corrected chi connectivity index (χ2v) is 4.77. The highest BCUT2D eigenvalue weighted by molar-refractivity contribution is 5.88. The zero-order chi connectivity index (χ0) is 15.2. The maximum atomic E-state index is 12.3. The molecule has 0 radical (unpaired) electrons. The van der Waals surface area contributed by atoms with Gasteiger partial charge >= 0.3 is 6.03 Å². The summed E-state index contributed by atoms with van der Waals surface area (Å²) in [5, 5.41) is 11.0. The third-order valence-electron chi connectivity index (χ3n) is 2.94. The van der Waals surface area contributed by atoms with E-state index in [2.05, 4.69) is 15.5 Å². The zero-order valence-corrected chi connectivity index (χ0v) is 12.5. The smallest absolute Gasteiger partial charge is 0.322 e. The maximum absolute atomic E-state index is 12.3. The van der Waals surface area contributed by atoms with Gasteiger partial charge in [0.15, 0.2) is 0 Å². The van der Waals surface area contributed by atoms with Gasteiger partial charge in [-0.2, -0.15) is 10.2 Å². The number of anilines is 1. The molecule has 0 saturated heterocycles. The molecule has 0 atom stereocenters. The molecule has 0 fully saturated rings. The van der Waals surface area contributed by atoms with Gasteiger partial charge in [0, 0.05) is 45.7 Å². The lowest BCUT2D eigenvalue weighted by molar-refractivity contribution is 0.153. The van der Waals surface area contributed by atoms with Gasteiger partial charge in [-0.05, 0) is 0 Å². The number of aromatic nitrogens is 4. The van der Waals surface area contributed by atoms with Crippen LogP contribution < -0.4 is 5.32 Å². The highest BCUT2D eigenvalue weighted by Crippen LogP contribution is 2.08. The monoisotopic (exact) mass is 292 g/mol. The standard InChI is InChI=1S/C13H20N6O2/c1-17-8-11(6-14-17)9-19(4-5-21-3)13(20)16-12-7-15-18(2)10-12/h6-8,10H,4-5,9H2,1-3H3,(H,16,20). The lowest BCUT2D eigenvalue weighted by Crippen LogP contribution is -2.36. The number of urea groups is 1. The van der Waals surface area contributed by atoms with Crippen molar-refractivity contribution in [3.8, 4) is 0 Å². The van der Waals surface area contributed by atoms with Crippen LogP contribution in [0.25, 0.3) is 0 Å².